The van der Waals surface area contributed by atoms with E-state index in [0.717, 1.165) is 24.2 Å². The summed E-state index contributed by atoms with van der Waals surface area (Å²) >= 11 is 12.4. The quantitative estimate of drug-likeness (QED) is 0.458. The fourth-order valence-corrected chi connectivity index (χ4v) is 3.61. The Morgan fingerprint density at radius 1 is 1.27 bits per heavy atom. The number of carbonyl (C=O) groups is 2. The zero-order valence-corrected chi connectivity index (χ0v) is 19.6. The molecule has 1 amide bonds. The van der Waals surface area contributed by atoms with Gasteiger partial charge in [0.05, 0.1) is 16.4 Å². The lowest BCUT2D eigenvalue weighted by Gasteiger charge is -2.32. The van der Waals surface area contributed by atoms with Crippen LogP contribution in [0.1, 0.15) is 32.4 Å². The fraction of sp³-hybridized carbons (Fsp3) is 0.381. The van der Waals surface area contributed by atoms with Gasteiger partial charge >= 0.3 is 12.1 Å². The summed E-state index contributed by atoms with van der Waals surface area (Å²) in [7, 11) is 0. The summed E-state index contributed by atoms with van der Waals surface area (Å²) < 4.78 is 31.7. The van der Waals surface area contributed by atoms with E-state index in [-0.39, 0.29) is 12.5 Å². The van der Waals surface area contributed by atoms with Crippen molar-refractivity contribution in [2.45, 2.75) is 45.8 Å². The summed E-state index contributed by atoms with van der Waals surface area (Å²) in [6, 6.07) is 7.53. The number of fused-ring (bicyclic) bond motifs is 1. The van der Waals surface area contributed by atoms with Crippen LogP contribution in [0.3, 0.4) is 0 Å². The fourth-order valence-electron chi connectivity index (χ4n) is 3.10. The van der Waals surface area contributed by atoms with Crippen LogP contribution in [0.2, 0.25) is 10.0 Å². The lowest BCUT2D eigenvalue weighted by molar-refractivity contribution is -0.192. The molecule has 0 bridgehead atoms. The molecule has 0 atom stereocenters. The molecular weight excluding hydrogens is 484 g/mol. The van der Waals surface area contributed by atoms with Gasteiger partial charge in [-0.2, -0.15) is 13.2 Å². The number of halogens is 5. The smallest absolute Gasteiger partial charge is 0.475 e. The Morgan fingerprint density at radius 3 is 2.39 bits per heavy atom. The number of aromatic nitrogens is 1. The first-order valence-electron chi connectivity index (χ1n) is 9.98. The molecule has 2 aromatic rings. The summed E-state index contributed by atoms with van der Waals surface area (Å²) in [5.74, 6) is -2.18. The van der Waals surface area contributed by atoms with Crippen LogP contribution >= 0.6 is 23.2 Å². The van der Waals surface area contributed by atoms with E-state index in [1.807, 2.05) is 24.0 Å². The largest absolute Gasteiger partial charge is 0.490 e. The van der Waals surface area contributed by atoms with E-state index in [9.17, 15) is 18.0 Å². The number of alkyl halides is 3. The van der Waals surface area contributed by atoms with Crippen molar-refractivity contribution in [3.63, 3.8) is 0 Å². The van der Waals surface area contributed by atoms with Gasteiger partial charge < -0.3 is 20.6 Å². The van der Waals surface area contributed by atoms with Gasteiger partial charge in [0.25, 0.3) is 0 Å². The summed E-state index contributed by atoms with van der Waals surface area (Å²) in [6.45, 7) is 6.37. The third kappa shape index (κ3) is 6.88. The van der Waals surface area contributed by atoms with E-state index >= 15 is 0 Å². The number of rotatable bonds is 5. The molecule has 33 heavy (non-hydrogen) atoms. The maximum atomic E-state index is 12.4. The number of carbonyl (C=O) groups excluding carboxylic acids is 1. The third-order valence-electron chi connectivity index (χ3n) is 4.74. The first-order valence-corrected chi connectivity index (χ1v) is 10.7. The maximum absolute atomic E-state index is 12.4. The minimum absolute atomic E-state index is 0.109. The van der Waals surface area contributed by atoms with Gasteiger partial charge in [0.1, 0.15) is 12.2 Å². The van der Waals surface area contributed by atoms with E-state index in [1.54, 1.807) is 12.1 Å². The predicted molar refractivity (Wildman–Crippen MR) is 123 cm³/mol. The Bertz CT molecular complexity index is 1030. The molecular formula is C21H23Cl2F3N4O3. The number of carboxylic acids is 1. The third-order valence-corrected chi connectivity index (χ3v) is 5.28. The second-order valence-electron chi connectivity index (χ2n) is 7.20. The van der Waals surface area contributed by atoms with Crippen LogP contribution in [-0.4, -0.2) is 40.7 Å². The van der Waals surface area contributed by atoms with Crippen LogP contribution in [-0.2, 0) is 9.59 Å². The van der Waals surface area contributed by atoms with Crippen molar-refractivity contribution in [2.24, 2.45) is 0 Å². The van der Waals surface area contributed by atoms with Crippen molar-refractivity contribution in [1.29, 1.82) is 0 Å². The molecule has 0 saturated heterocycles. The second-order valence-corrected chi connectivity index (χ2v) is 8.04. The van der Waals surface area contributed by atoms with Gasteiger partial charge in [0, 0.05) is 16.8 Å². The van der Waals surface area contributed by atoms with E-state index in [0.29, 0.717) is 33.3 Å². The van der Waals surface area contributed by atoms with Gasteiger partial charge in [-0.3, -0.25) is 4.79 Å². The molecule has 0 unspecified atom stereocenters. The number of hydrogen-bond acceptors (Lipinski definition) is 5. The van der Waals surface area contributed by atoms with Crippen LogP contribution in [0.15, 0.2) is 24.3 Å². The van der Waals surface area contributed by atoms with Gasteiger partial charge in [-0.25, -0.2) is 9.78 Å². The lowest BCUT2D eigenvalue weighted by atomic mass is 10.1. The van der Waals surface area contributed by atoms with Crippen LogP contribution in [0.25, 0.3) is 0 Å². The van der Waals surface area contributed by atoms with Gasteiger partial charge in [0.2, 0.25) is 5.91 Å². The van der Waals surface area contributed by atoms with Crippen molar-refractivity contribution in [3.05, 3.63) is 40.0 Å². The Kier molecular flexibility index (Phi) is 8.79. The average molecular weight is 507 g/mol. The molecule has 2 heterocycles. The predicted octanol–water partition coefficient (Wildman–Crippen LogP) is 6.02. The molecule has 0 aliphatic carbocycles. The van der Waals surface area contributed by atoms with Crippen molar-refractivity contribution in [3.8, 4) is 0 Å². The highest BCUT2D eigenvalue weighted by Crippen LogP contribution is 2.42. The Hall–Kier alpha value is -2.72. The number of nitrogens with zero attached hydrogens (tertiary/aromatic N) is 2. The van der Waals surface area contributed by atoms with Crippen molar-refractivity contribution < 1.29 is 27.9 Å². The van der Waals surface area contributed by atoms with Crippen molar-refractivity contribution >= 4 is 58.0 Å². The highest BCUT2D eigenvalue weighted by Gasteiger charge is 2.38. The van der Waals surface area contributed by atoms with E-state index in [4.69, 9.17) is 33.1 Å². The normalized spacial score (nSPS) is 13.1. The minimum Gasteiger partial charge on any atom is -0.475 e. The Balaban J connectivity index is 0.000000479. The number of carboxylic acid groups (broad SMARTS) is 1. The van der Waals surface area contributed by atoms with E-state index < -0.39 is 12.1 Å². The van der Waals surface area contributed by atoms with Crippen LogP contribution in [0.5, 0.6) is 0 Å². The van der Waals surface area contributed by atoms with Crippen molar-refractivity contribution in [1.82, 2.24) is 4.98 Å². The standard InChI is InChI=1S/C19H22Cl2N4O.C2HF3O2/c1-4-13(5-2)23-15-8-11(3)22-19-18(15)24-17(26)10-25(19)16-7-6-12(20)9-14(16)21;3-2(4,5)1(6)7/h6-9,13H,4-5,10H2,1-3H3,(H,22,23)(H,24,26);(H,6,7). The molecule has 1 aliphatic rings. The highest BCUT2D eigenvalue weighted by molar-refractivity contribution is 6.36. The number of aryl methyl sites for hydroxylation is 1. The number of benzene rings is 1. The van der Waals surface area contributed by atoms with Gasteiger partial charge in [-0.15, -0.1) is 0 Å². The zero-order valence-electron chi connectivity index (χ0n) is 18.1. The summed E-state index contributed by atoms with van der Waals surface area (Å²) in [5.41, 5.74) is 3.14. The number of pyridine rings is 1. The molecule has 180 valence electrons. The first-order chi connectivity index (χ1) is 15.4. The Morgan fingerprint density at radius 2 is 1.88 bits per heavy atom. The van der Waals surface area contributed by atoms with Crippen LogP contribution < -0.4 is 15.5 Å². The van der Waals surface area contributed by atoms with Crippen LogP contribution in [0, 0.1) is 6.92 Å². The van der Waals surface area contributed by atoms with E-state index in [2.05, 4.69) is 29.5 Å². The Labute approximate surface area is 198 Å². The molecule has 0 fully saturated rings. The second kappa shape index (κ2) is 10.9. The monoisotopic (exact) mass is 506 g/mol. The molecule has 12 heteroatoms. The van der Waals surface area contributed by atoms with Gasteiger partial charge in [-0.05, 0) is 44.0 Å². The molecule has 1 aromatic heterocycles. The molecule has 1 aliphatic heterocycles. The molecule has 3 rings (SSSR count). The SMILES string of the molecule is CCC(CC)Nc1cc(C)nc2c1NC(=O)CN2c1ccc(Cl)cc1Cl.O=C(O)C(F)(F)F. The molecule has 0 spiro atoms. The summed E-state index contributed by atoms with van der Waals surface area (Å²) in [5, 5.41) is 14.7. The molecule has 3 N–H and O–H groups in total. The number of hydrogen-bond donors (Lipinski definition) is 3. The highest BCUT2D eigenvalue weighted by atomic mass is 35.5. The molecule has 7 nitrogen and oxygen atoms in total. The summed E-state index contributed by atoms with van der Waals surface area (Å²) in [6.07, 6.45) is -3.10. The van der Waals surface area contributed by atoms with Crippen LogP contribution in [0.4, 0.5) is 36.1 Å². The van der Waals surface area contributed by atoms with Crippen molar-refractivity contribution in [2.75, 3.05) is 22.1 Å². The number of amides is 1. The number of aliphatic carboxylic acids is 1. The lowest BCUT2D eigenvalue weighted by Crippen LogP contribution is -2.36. The molecule has 1 aromatic carbocycles. The number of anilines is 4. The van der Waals surface area contributed by atoms with Gasteiger partial charge in [0.15, 0.2) is 5.82 Å². The maximum Gasteiger partial charge on any atom is 0.490 e. The molecule has 0 saturated carbocycles. The molecule has 0 radical (unpaired) electrons. The average Bonchev–Trinajstić information content (AvgIpc) is 2.71. The minimum atomic E-state index is -5.08. The number of nitrogens with one attached hydrogen (secondary N) is 2. The first kappa shape index (κ1) is 26.5. The topological polar surface area (TPSA) is 94.6 Å². The van der Waals surface area contributed by atoms with E-state index in [1.165, 1.54) is 0 Å². The van der Waals surface area contributed by atoms with Gasteiger partial charge in [-0.1, -0.05) is 37.0 Å². The summed E-state index contributed by atoms with van der Waals surface area (Å²) in [4.78, 5) is 27.8. The zero-order chi connectivity index (χ0) is 24.9.